The van der Waals surface area contributed by atoms with Crippen LogP contribution in [0.1, 0.15) is 12.5 Å². The second-order valence-corrected chi connectivity index (χ2v) is 4.23. The molecule has 0 fully saturated rings. The van der Waals surface area contributed by atoms with E-state index in [1.807, 2.05) is 0 Å². The predicted molar refractivity (Wildman–Crippen MR) is 72.7 cm³/mol. The van der Waals surface area contributed by atoms with Gasteiger partial charge in [-0.3, -0.25) is 0 Å². The molecule has 1 nitrogen and oxygen atoms in total. The van der Waals surface area contributed by atoms with Crippen molar-refractivity contribution in [3.63, 3.8) is 0 Å². The molecule has 0 atom stereocenters. The Balaban J connectivity index is 2.31. The molecule has 1 aromatic heterocycles. The maximum Gasteiger partial charge on any atom is 0.0531 e. The van der Waals surface area contributed by atoms with Crippen molar-refractivity contribution < 1.29 is 0 Å². The molecule has 3 aromatic rings. The summed E-state index contributed by atoms with van der Waals surface area (Å²) in [6.45, 7) is 2.21. The van der Waals surface area contributed by atoms with Crippen LogP contribution in [0.3, 0.4) is 0 Å². The number of hydrogen-bond acceptors (Lipinski definition) is 0. The third-order valence-electron chi connectivity index (χ3n) is 3.21. The van der Waals surface area contributed by atoms with Gasteiger partial charge in [0.25, 0.3) is 0 Å². The first-order chi connectivity index (χ1) is 8.40. The number of benzene rings is 2. The molecule has 1 heterocycles. The Morgan fingerprint density at radius 2 is 1.59 bits per heavy atom. The molecule has 0 aliphatic carbocycles. The van der Waals surface area contributed by atoms with E-state index >= 15 is 0 Å². The monoisotopic (exact) mass is 221 g/mol. The minimum absolute atomic E-state index is 1.07. The second kappa shape index (κ2) is 4.10. The van der Waals surface area contributed by atoms with Crippen LogP contribution in [-0.4, -0.2) is 4.57 Å². The third-order valence-corrected chi connectivity index (χ3v) is 3.21. The number of hydrogen-bond donors (Lipinski definition) is 0. The number of rotatable bonds is 2. The summed E-state index contributed by atoms with van der Waals surface area (Å²) in [6.07, 6.45) is 3.32. The van der Waals surface area contributed by atoms with E-state index in [0.717, 1.165) is 6.42 Å². The molecule has 3 rings (SSSR count). The van der Waals surface area contributed by atoms with Crippen molar-refractivity contribution >= 4 is 10.9 Å². The van der Waals surface area contributed by atoms with E-state index in [1.54, 1.807) is 0 Å². The third kappa shape index (κ3) is 1.64. The van der Waals surface area contributed by atoms with Gasteiger partial charge in [0.2, 0.25) is 0 Å². The lowest BCUT2D eigenvalue weighted by Gasteiger charge is -2.04. The molecule has 0 radical (unpaired) electrons. The van der Waals surface area contributed by atoms with Gasteiger partial charge in [0.05, 0.1) is 5.52 Å². The standard InChI is InChI=1S/C16H15N/c1-2-13-12-17(14-8-4-3-5-9-14)16-11-7-6-10-15(13)16/h3-12H,2H2,1H3. The fourth-order valence-corrected chi connectivity index (χ4v) is 2.33. The zero-order chi connectivity index (χ0) is 11.7. The highest BCUT2D eigenvalue weighted by atomic mass is 15.0. The Morgan fingerprint density at radius 3 is 2.35 bits per heavy atom. The molecule has 0 amide bonds. The van der Waals surface area contributed by atoms with Gasteiger partial charge in [-0.15, -0.1) is 0 Å². The summed E-state index contributed by atoms with van der Waals surface area (Å²) in [4.78, 5) is 0. The summed E-state index contributed by atoms with van der Waals surface area (Å²) < 4.78 is 2.27. The summed E-state index contributed by atoms with van der Waals surface area (Å²) in [6, 6.07) is 19.1. The number of aryl methyl sites for hydroxylation is 1. The Hall–Kier alpha value is -2.02. The highest BCUT2D eigenvalue weighted by Crippen LogP contribution is 2.24. The van der Waals surface area contributed by atoms with Gasteiger partial charge in [-0.1, -0.05) is 43.3 Å². The molecule has 84 valence electrons. The summed E-state index contributed by atoms with van der Waals surface area (Å²) in [5.74, 6) is 0. The Bertz CT molecular complexity index is 635. The fourth-order valence-electron chi connectivity index (χ4n) is 2.33. The summed E-state index contributed by atoms with van der Waals surface area (Å²) in [7, 11) is 0. The zero-order valence-electron chi connectivity index (χ0n) is 9.93. The maximum atomic E-state index is 2.27. The number of para-hydroxylation sites is 2. The topological polar surface area (TPSA) is 4.93 Å². The molecule has 0 saturated carbocycles. The first kappa shape index (κ1) is 10.2. The van der Waals surface area contributed by atoms with Crippen molar-refractivity contribution in [3.8, 4) is 5.69 Å². The Morgan fingerprint density at radius 1 is 0.882 bits per heavy atom. The quantitative estimate of drug-likeness (QED) is 0.611. The van der Waals surface area contributed by atoms with Crippen LogP contribution in [0.15, 0.2) is 60.8 Å². The molecule has 0 aliphatic heterocycles. The predicted octanol–water partition coefficient (Wildman–Crippen LogP) is 4.19. The highest BCUT2D eigenvalue weighted by Gasteiger charge is 2.07. The van der Waals surface area contributed by atoms with Crippen LogP contribution in [0.25, 0.3) is 16.6 Å². The summed E-state index contributed by atoms with van der Waals surface area (Å²) in [5, 5.41) is 1.36. The van der Waals surface area contributed by atoms with E-state index in [1.165, 1.54) is 22.2 Å². The second-order valence-electron chi connectivity index (χ2n) is 4.23. The molecule has 17 heavy (non-hydrogen) atoms. The van der Waals surface area contributed by atoms with Crippen LogP contribution in [0, 0.1) is 0 Å². The van der Waals surface area contributed by atoms with Crippen molar-refractivity contribution in [2.24, 2.45) is 0 Å². The average molecular weight is 221 g/mol. The number of nitrogens with zero attached hydrogens (tertiary/aromatic N) is 1. The minimum Gasteiger partial charge on any atom is -0.316 e. The van der Waals surface area contributed by atoms with Crippen LogP contribution in [0.2, 0.25) is 0 Å². The lowest BCUT2D eigenvalue weighted by atomic mass is 10.1. The molecule has 0 bridgehead atoms. The normalized spacial score (nSPS) is 10.9. The Labute approximate surface area is 101 Å². The Kier molecular flexibility index (Phi) is 2.45. The largest absolute Gasteiger partial charge is 0.316 e. The van der Waals surface area contributed by atoms with E-state index in [4.69, 9.17) is 0 Å². The lowest BCUT2D eigenvalue weighted by Crippen LogP contribution is -1.90. The first-order valence-corrected chi connectivity index (χ1v) is 6.04. The van der Waals surface area contributed by atoms with Crippen LogP contribution in [0.4, 0.5) is 0 Å². The first-order valence-electron chi connectivity index (χ1n) is 6.04. The number of fused-ring (bicyclic) bond motifs is 1. The molecular weight excluding hydrogens is 206 g/mol. The molecular formula is C16H15N. The van der Waals surface area contributed by atoms with Crippen LogP contribution >= 0.6 is 0 Å². The lowest BCUT2D eigenvalue weighted by molar-refractivity contribution is 1.08. The van der Waals surface area contributed by atoms with Crippen LogP contribution in [-0.2, 0) is 6.42 Å². The van der Waals surface area contributed by atoms with Gasteiger partial charge in [-0.05, 0) is 30.2 Å². The van der Waals surface area contributed by atoms with Gasteiger partial charge in [-0.2, -0.15) is 0 Å². The molecule has 0 saturated heterocycles. The van der Waals surface area contributed by atoms with Crippen LogP contribution < -0.4 is 0 Å². The molecule has 1 heteroatoms. The van der Waals surface area contributed by atoms with Crippen LogP contribution in [0.5, 0.6) is 0 Å². The summed E-state index contributed by atoms with van der Waals surface area (Å²) >= 11 is 0. The molecule has 2 aromatic carbocycles. The van der Waals surface area contributed by atoms with Gasteiger partial charge in [0.15, 0.2) is 0 Å². The van der Waals surface area contributed by atoms with Crippen molar-refractivity contribution in [1.82, 2.24) is 4.57 Å². The zero-order valence-corrected chi connectivity index (χ0v) is 9.93. The maximum absolute atomic E-state index is 2.27. The smallest absolute Gasteiger partial charge is 0.0531 e. The van der Waals surface area contributed by atoms with Gasteiger partial charge in [0, 0.05) is 17.3 Å². The fraction of sp³-hybridized carbons (Fsp3) is 0.125. The molecule has 0 N–H and O–H groups in total. The van der Waals surface area contributed by atoms with E-state index in [-0.39, 0.29) is 0 Å². The van der Waals surface area contributed by atoms with E-state index in [9.17, 15) is 0 Å². The molecule has 0 aliphatic rings. The van der Waals surface area contributed by atoms with Gasteiger partial charge in [-0.25, -0.2) is 0 Å². The SMILES string of the molecule is CCc1cn(-c2ccccc2)c2ccccc12. The van der Waals surface area contributed by atoms with Gasteiger partial charge < -0.3 is 4.57 Å². The van der Waals surface area contributed by atoms with Crippen molar-refractivity contribution in [2.75, 3.05) is 0 Å². The van der Waals surface area contributed by atoms with E-state index < -0.39 is 0 Å². The van der Waals surface area contributed by atoms with Crippen molar-refractivity contribution in [3.05, 3.63) is 66.4 Å². The van der Waals surface area contributed by atoms with Crippen molar-refractivity contribution in [1.29, 1.82) is 0 Å². The van der Waals surface area contributed by atoms with E-state index in [0.29, 0.717) is 0 Å². The van der Waals surface area contributed by atoms with E-state index in [2.05, 4.69) is 72.3 Å². The van der Waals surface area contributed by atoms with Crippen molar-refractivity contribution in [2.45, 2.75) is 13.3 Å². The van der Waals surface area contributed by atoms with Gasteiger partial charge >= 0.3 is 0 Å². The molecule has 0 spiro atoms. The summed E-state index contributed by atoms with van der Waals surface area (Å²) in [5.41, 5.74) is 3.92. The number of aromatic nitrogens is 1. The highest BCUT2D eigenvalue weighted by molar-refractivity contribution is 5.85. The average Bonchev–Trinajstić information content (AvgIpc) is 2.78. The molecule has 0 unspecified atom stereocenters. The van der Waals surface area contributed by atoms with Gasteiger partial charge in [0.1, 0.15) is 0 Å². The minimum atomic E-state index is 1.07.